The van der Waals surface area contributed by atoms with E-state index in [1.165, 1.54) is 6.21 Å². The number of carbonyl (C=O) groups excluding carboxylic acids is 1. The van der Waals surface area contributed by atoms with Crippen LogP contribution in [0.3, 0.4) is 0 Å². The summed E-state index contributed by atoms with van der Waals surface area (Å²) in [6.07, 6.45) is 1.42. The van der Waals surface area contributed by atoms with Crippen LogP contribution in [0.25, 0.3) is 22.5 Å². The molecule has 1 N–H and O–H groups in total. The number of nitrogens with zero attached hydrogens (tertiary/aromatic N) is 1. The van der Waals surface area contributed by atoms with E-state index in [9.17, 15) is 4.79 Å². The first-order chi connectivity index (χ1) is 16.1. The van der Waals surface area contributed by atoms with Crippen molar-refractivity contribution in [3.63, 3.8) is 0 Å². The van der Waals surface area contributed by atoms with E-state index in [4.69, 9.17) is 25.5 Å². The number of halogens is 1. The predicted molar refractivity (Wildman–Crippen MR) is 129 cm³/mol. The summed E-state index contributed by atoms with van der Waals surface area (Å²) in [7, 11) is 1.56. The molecule has 0 aliphatic heterocycles. The fourth-order valence-corrected chi connectivity index (χ4v) is 3.38. The van der Waals surface area contributed by atoms with Gasteiger partial charge in [-0.3, -0.25) is 4.79 Å². The van der Waals surface area contributed by atoms with Crippen molar-refractivity contribution in [1.82, 2.24) is 5.43 Å². The molecule has 0 aliphatic rings. The molecule has 0 bridgehead atoms. The molecule has 0 aliphatic carbocycles. The van der Waals surface area contributed by atoms with E-state index in [0.717, 1.165) is 16.7 Å². The van der Waals surface area contributed by atoms with Gasteiger partial charge in [0.1, 0.15) is 23.0 Å². The molecule has 4 rings (SSSR count). The highest BCUT2D eigenvalue weighted by molar-refractivity contribution is 6.32. The third-order valence-electron chi connectivity index (χ3n) is 4.78. The highest BCUT2D eigenvalue weighted by Crippen LogP contribution is 2.30. The third kappa shape index (κ3) is 5.81. The van der Waals surface area contributed by atoms with Crippen molar-refractivity contribution in [3.8, 4) is 33.9 Å². The van der Waals surface area contributed by atoms with Crippen LogP contribution in [0.15, 0.2) is 94.4 Å². The van der Waals surface area contributed by atoms with Crippen LogP contribution in [0.5, 0.6) is 11.5 Å². The summed E-state index contributed by atoms with van der Waals surface area (Å²) in [6, 6.07) is 26.5. The second kappa shape index (κ2) is 10.5. The smallest absolute Gasteiger partial charge is 0.277 e. The number of carbonyl (C=O) groups is 1. The van der Waals surface area contributed by atoms with E-state index in [-0.39, 0.29) is 12.5 Å². The van der Waals surface area contributed by atoms with E-state index in [1.807, 2.05) is 60.7 Å². The Morgan fingerprint density at radius 1 is 0.970 bits per heavy atom. The van der Waals surface area contributed by atoms with Crippen LogP contribution in [-0.4, -0.2) is 25.8 Å². The Bertz CT molecular complexity index is 1250. The molecule has 1 aromatic heterocycles. The number of rotatable bonds is 8. The Labute approximate surface area is 196 Å². The van der Waals surface area contributed by atoms with Crippen molar-refractivity contribution in [2.24, 2.45) is 5.10 Å². The van der Waals surface area contributed by atoms with Crippen LogP contribution in [0.2, 0.25) is 5.02 Å². The van der Waals surface area contributed by atoms with Crippen molar-refractivity contribution < 1.29 is 18.7 Å². The molecule has 33 heavy (non-hydrogen) atoms. The average molecular weight is 461 g/mol. The van der Waals surface area contributed by atoms with Gasteiger partial charge in [-0.1, -0.05) is 54.1 Å². The van der Waals surface area contributed by atoms with Gasteiger partial charge in [-0.05, 0) is 53.6 Å². The zero-order valence-corrected chi connectivity index (χ0v) is 18.6. The van der Waals surface area contributed by atoms with Crippen LogP contribution in [0, 0.1) is 0 Å². The molecule has 0 spiro atoms. The molecule has 7 heteroatoms. The zero-order chi connectivity index (χ0) is 23.0. The number of hydrazone groups is 1. The molecular weight excluding hydrogens is 440 g/mol. The molecular formula is C26H21ClN2O4. The fraction of sp³-hybridized carbons (Fsp3) is 0.0769. The first-order valence-corrected chi connectivity index (χ1v) is 10.5. The topological polar surface area (TPSA) is 73.1 Å². The standard InChI is InChI=1S/C26H21ClN2O4/c1-31-25-13-9-20(15-23(25)27)24-14-12-22(33-24)16-28-29-26(30)17-32-21-10-7-19(8-11-21)18-5-3-2-4-6-18/h2-16H,17H2,1H3,(H,29,30)/b28-16-. The molecule has 0 radical (unpaired) electrons. The van der Waals surface area contributed by atoms with Gasteiger partial charge < -0.3 is 13.9 Å². The van der Waals surface area contributed by atoms with Gasteiger partial charge in [-0.15, -0.1) is 0 Å². The lowest BCUT2D eigenvalue weighted by Crippen LogP contribution is -2.24. The summed E-state index contributed by atoms with van der Waals surface area (Å²) in [5.41, 5.74) is 5.42. The van der Waals surface area contributed by atoms with E-state index in [1.54, 1.807) is 31.4 Å². The number of benzene rings is 3. The molecule has 1 amide bonds. The molecule has 0 saturated carbocycles. The number of methoxy groups -OCH3 is 1. The summed E-state index contributed by atoms with van der Waals surface area (Å²) < 4.78 is 16.4. The monoisotopic (exact) mass is 460 g/mol. The van der Waals surface area contributed by atoms with E-state index < -0.39 is 0 Å². The lowest BCUT2D eigenvalue weighted by Gasteiger charge is -2.06. The molecule has 3 aromatic carbocycles. The van der Waals surface area contributed by atoms with Gasteiger partial charge in [0.05, 0.1) is 18.3 Å². The molecule has 0 saturated heterocycles. The van der Waals surface area contributed by atoms with Crippen LogP contribution in [-0.2, 0) is 4.79 Å². The number of hydrogen-bond donors (Lipinski definition) is 1. The summed E-state index contributed by atoms with van der Waals surface area (Å²) >= 11 is 6.16. The average Bonchev–Trinajstić information content (AvgIpc) is 3.32. The van der Waals surface area contributed by atoms with E-state index in [0.29, 0.717) is 28.0 Å². The Kier molecular flexibility index (Phi) is 7.07. The molecule has 4 aromatic rings. The number of ether oxygens (including phenoxy) is 2. The number of furan rings is 1. The van der Waals surface area contributed by atoms with E-state index >= 15 is 0 Å². The summed E-state index contributed by atoms with van der Waals surface area (Å²) in [5, 5.41) is 4.40. The van der Waals surface area contributed by atoms with Crippen LogP contribution < -0.4 is 14.9 Å². The van der Waals surface area contributed by atoms with Crippen molar-refractivity contribution in [2.75, 3.05) is 13.7 Å². The van der Waals surface area contributed by atoms with Gasteiger partial charge >= 0.3 is 0 Å². The lowest BCUT2D eigenvalue weighted by atomic mass is 10.1. The Morgan fingerprint density at radius 2 is 1.70 bits per heavy atom. The second-order valence-corrected chi connectivity index (χ2v) is 7.43. The van der Waals surface area contributed by atoms with Gasteiger partial charge in [0.25, 0.3) is 5.91 Å². The molecule has 6 nitrogen and oxygen atoms in total. The van der Waals surface area contributed by atoms with Gasteiger partial charge in [0.15, 0.2) is 6.61 Å². The fourth-order valence-electron chi connectivity index (χ4n) is 3.12. The lowest BCUT2D eigenvalue weighted by molar-refractivity contribution is -0.123. The van der Waals surface area contributed by atoms with E-state index in [2.05, 4.69) is 10.5 Å². The number of nitrogens with one attached hydrogen (secondary N) is 1. The maximum Gasteiger partial charge on any atom is 0.277 e. The molecule has 1 heterocycles. The SMILES string of the molecule is COc1ccc(-c2ccc(/C=N\NC(=O)COc3ccc(-c4ccccc4)cc3)o2)cc1Cl. The Morgan fingerprint density at radius 3 is 2.42 bits per heavy atom. The molecule has 166 valence electrons. The predicted octanol–water partition coefficient (Wildman–Crippen LogP) is 5.80. The third-order valence-corrected chi connectivity index (χ3v) is 5.07. The van der Waals surface area contributed by atoms with Crippen LogP contribution >= 0.6 is 11.6 Å². The first-order valence-electron chi connectivity index (χ1n) is 10.2. The van der Waals surface area contributed by atoms with Crippen LogP contribution in [0.1, 0.15) is 5.76 Å². The van der Waals surface area contributed by atoms with Gasteiger partial charge in [-0.25, -0.2) is 5.43 Å². The van der Waals surface area contributed by atoms with Gasteiger partial charge in [-0.2, -0.15) is 5.10 Å². The highest BCUT2D eigenvalue weighted by Gasteiger charge is 2.08. The molecule has 0 fully saturated rings. The largest absolute Gasteiger partial charge is 0.495 e. The minimum atomic E-state index is -0.382. The Balaban J connectivity index is 1.27. The maximum absolute atomic E-state index is 12.0. The Hall–Kier alpha value is -4.03. The normalized spacial score (nSPS) is 10.8. The van der Waals surface area contributed by atoms with Crippen molar-refractivity contribution in [1.29, 1.82) is 0 Å². The number of hydrogen-bond acceptors (Lipinski definition) is 5. The minimum absolute atomic E-state index is 0.157. The first kappa shape index (κ1) is 22.2. The van der Waals surface area contributed by atoms with Crippen LogP contribution in [0.4, 0.5) is 0 Å². The minimum Gasteiger partial charge on any atom is -0.495 e. The molecule has 0 unspecified atom stereocenters. The summed E-state index contributed by atoms with van der Waals surface area (Å²) in [6.45, 7) is -0.157. The zero-order valence-electron chi connectivity index (χ0n) is 17.8. The van der Waals surface area contributed by atoms with Crippen molar-refractivity contribution in [3.05, 3.63) is 95.7 Å². The summed E-state index contributed by atoms with van der Waals surface area (Å²) in [5.74, 6) is 1.91. The molecule has 0 atom stereocenters. The quantitative estimate of drug-likeness (QED) is 0.266. The van der Waals surface area contributed by atoms with Crippen molar-refractivity contribution in [2.45, 2.75) is 0 Å². The van der Waals surface area contributed by atoms with Gasteiger partial charge in [0.2, 0.25) is 0 Å². The highest BCUT2D eigenvalue weighted by atomic mass is 35.5. The second-order valence-electron chi connectivity index (χ2n) is 7.02. The maximum atomic E-state index is 12.0. The van der Waals surface area contributed by atoms with Crippen molar-refractivity contribution >= 4 is 23.7 Å². The van der Waals surface area contributed by atoms with Gasteiger partial charge in [0, 0.05) is 5.56 Å². The number of amides is 1. The summed E-state index contributed by atoms with van der Waals surface area (Å²) in [4.78, 5) is 12.0.